The third-order valence-corrected chi connectivity index (χ3v) is 4.15. The van der Waals surface area contributed by atoms with E-state index in [0.717, 1.165) is 24.7 Å². The highest BCUT2D eigenvalue weighted by molar-refractivity contribution is 5.73. The molecule has 0 amide bonds. The van der Waals surface area contributed by atoms with E-state index in [4.69, 9.17) is 9.90 Å². The third kappa shape index (κ3) is 5.84. The Labute approximate surface area is 133 Å². The zero-order valence-corrected chi connectivity index (χ0v) is 12.6. The average molecular weight is 330 g/mol. The maximum Gasteiger partial charge on any atom is 0.490 e. The fraction of sp³-hybridized carbons (Fsp3) is 0.562. The van der Waals surface area contributed by atoms with Crippen LogP contribution < -0.4 is 10.6 Å². The van der Waals surface area contributed by atoms with Gasteiger partial charge in [0.05, 0.1) is 0 Å². The van der Waals surface area contributed by atoms with Crippen LogP contribution in [0, 0.1) is 0 Å². The fourth-order valence-corrected chi connectivity index (χ4v) is 3.08. The van der Waals surface area contributed by atoms with Gasteiger partial charge in [0.25, 0.3) is 0 Å². The van der Waals surface area contributed by atoms with Gasteiger partial charge in [0, 0.05) is 24.7 Å². The molecule has 2 aliphatic heterocycles. The SMILES string of the molecule is O=C(O)C(F)(F)F.c1ccc(CNC2CC3CCC(C2)N3)cc1. The molecule has 2 bridgehead atoms. The predicted octanol–water partition coefficient (Wildman–Crippen LogP) is 2.69. The van der Waals surface area contributed by atoms with E-state index in [9.17, 15) is 13.2 Å². The molecular weight excluding hydrogens is 309 g/mol. The van der Waals surface area contributed by atoms with Gasteiger partial charge in [0.15, 0.2) is 0 Å². The number of hydrogen-bond acceptors (Lipinski definition) is 3. The Bertz CT molecular complexity index is 496. The minimum atomic E-state index is -5.08. The number of carbonyl (C=O) groups is 1. The summed E-state index contributed by atoms with van der Waals surface area (Å²) in [7, 11) is 0. The molecule has 0 aromatic heterocycles. The Morgan fingerprint density at radius 2 is 1.70 bits per heavy atom. The van der Waals surface area contributed by atoms with Crippen LogP contribution in [-0.2, 0) is 11.3 Å². The molecule has 128 valence electrons. The summed E-state index contributed by atoms with van der Waals surface area (Å²) in [6, 6.07) is 13.0. The molecule has 2 aliphatic rings. The zero-order valence-electron chi connectivity index (χ0n) is 12.6. The molecule has 2 heterocycles. The summed E-state index contributed by atoms with van der Waals surface area (Å²) < 4.78 is 31.7. The quantitative estimate of drug-likeness (QED) is 0.797. The number of fused-ring (bicyclic) bond motifs is 2. The summed E-state index contributed by atoms with van der Waals surface area (Å²) >= 11 is 0. The minimum Gasteiger partial charge on any atom is -0.475 e. The van der Waals surface area contributed by atoms with Crippen molar-refractivity contribution in [2.75, 3.05) is 0 Å². The standard InChI is InChI=1S/C14H20N2.C2HF3O2/c1-2-4-11(5-3-1)10-15-14-8-12-6-7-13(9-14)16-12;3-2(4,5)1(6)7/h1-5,12-16H,6-10H2;(H,6,7). The van der Waals surface area contributed by atoms with E-state index in [0.29, 0.717) is 0 Å². The fourth-order valence-electron chi connectivity index (χ4n) is 3.08. The number of rotatable bonds is 3. The van der Waals surface area contributed by atoms with Crippen molar-refractivity contribution in [1.29, 1.82) is 0 Å². The first kappa shape index (κ1) is 17.7. The highest BCUT2D eigenvalue weighted by Gasteiger charge is 2.38. The van der Waals surface area contributed by atoms with Gasteiger partial charge >= 0.3 is 12.1 Å². The number of nitrogens with one attached hydrogen (secondary N) is 2. The van der Waals surface area contributed by atoms with Crippen LogP contribution in [0.2, 0.25) is 0 Å². The lowest BCUT2D eigenvalue weighted by atomic mass is 9.99. The second-order valence-electron chi connectivity index (χ2n) is 5.98. The zero-order chi connectivity index (χ0) is 16.9. The lowest BCUT2D eigenvalue weighted by Gasteiger charge is -2.29. The molecule has 2 atom stereocenters. The van der Waals surface area contributed by atoms with Gasteiger partial charge in [-0.05, 0) is 31.2 Å². The van der Waals surface area contributed by atoms with Gasteiger partial charge in [-0.25, -0.2) is 4.79 Å². The molecule has 1 aromatic rings. The van der Waals surface area contributed by atoms with E-state index >= 15 is 0 Å². The summed E-state index contributed by atoms with van der Waals surface area (Å²) in [5, 5.41) is 14.5. The van der Waals surface area contributed by atoms with Crippen LogP contribution in [0.5, 0.6) is 0 Å². The van der Waals surface area contributed by atoms with Crippen LogP contribution in [0.4, 0.5) is 13.2 Å². The maximum absolute atomic E-state index is 10.6. The summed E-state index contributed by atoms with van der Waals surface area (Å²) in [4.78, 5) is 8.90. The first-order valence-electron chi connectivity index (χ1n) is 7.68. The van der Waals surface area contributed by atoms with Gasteiger partial charge in [0.1, 0.15) is 0 Å². The Kier molecular flexibility index (Phi) is 6.01. The Hall–Kier alpha value is -1.60. The van der Waals surface area contributed by atoms with Gasteiger partial charge in [0.2, 0.25) is 0 Å². The van der Waals surface area contributed by atoms with Crippen molar-refractivity contribution >= 4 is 5.97 Å². The second-order valence-corrected chi connectivity index (χ2v) is 5.98. The minimum absolute atomic E-state index is 0.721. The normalized spacial score (nSPS) is 26.3. The molecule has 2 fully saturated rings. The second kappa shape index (κ2) is 7.79. The molecule has 4 nitrogen and oxygen atoms in total. The smallest absolute Gasteiger partial charge is 0.475 e. The number of piperidine rings is 1. The molecule has 7 heteroatoms. The molecule has 3 N–H and O–H groups in total. The molecule has 0 radical (unpaired) electrons. The number of benzene rings is 1. The summed E-state index contributed by atoms with van der Waals surface area (Å²) in [6.07, 6.45) is 0.301. The Balaban J connectivity index is 0.000000236. The van der Waals surface area contributed by atoms with E-state index < -0.39 is 12.1 Å². The molecule has 0 saturated carbocycles. The summed E-state index contributed by atoms with van der Waals surface area (Å²) in [5.41, 5.74) is 1.40. The molecular formula is C16H21F3N2O2. The van der Waals surface area contributed by atoms with Crippen molar-refractivity contribution in [3.8, 4) is 0 Å². The Morgan fingerprint density at radius 1 is 1.17 bits per heavy atom. The molecule has 3 rings (SSSR count). The van der Waals surface area contributed by atoms with E-state index in [1.54, 1.807) is 0 Å². The van der Waals surface area contributed by atoms with Crippen LogP contribution in [0.3, 0.4) is 0 Å². The van der Waals surface area contributed by atoms with Gasteiger partial charge in [-0.2, -0.15) is 13.2 Å². The van der Waals surface area contributed by atoms with Crippen molar-refractivity contribution in [3.63, 3.8) is 0 Å². The molecule has 2 unspecified atom stereocenters. The van der Waals surface area contributed by atoms with Crippen molar-refractivity contribution in [2.45, 2.75) is 56.5 Å². The van der Waals surface area contributed by atoms with Crippen LogP contribution in [0.1, 0.15) is 31.2 Å². The van der Waals surface area contributed by atoms with Gasteiger partial charge in [-0.15, -0.1) is 0 Å². The van der Waals surface area contributed by atoms with E-state index in [2.05, 4.69) is 41.0 Å². The maximum atomic E-state index is 10.6. The van der Waals surface area contributed by atoms with Gasteiger partial charge in [-0.1, -0.05) is 30.3 Å². The molecule has 23 heavy (non-hydrogen) atoms. The lowest BCUT2D eigenvalue weighted by Crippen LogP contribution is -2.46. The first-order valence-corrected chi connectivity index (χ1v) is 7.68. The predicted molar refractivity (Wildman–Crippen MR) is 79.9 cm³/mol. The number of halogens is 3. The van der Waals surface area contributed by atoms with Gasteiger partial charge in [-0.3, -0.25) is 0 Å². The number of carboxylic acid groups (broad SMARTS) is 1. The molecule has 0 spiro atoms. The van der Waals surface area contributed by atoms with Crippen molar-refractivity contribution in [2.24, 2.45) is 0 Å². The molecule has 1 aromatic carbocycles. The highest BCUT2D eigenvalue weighted by Crippen LogP contribution is 2.26. The monoisotopic (exact) mass is 330 g/mol. The van der Waals surface area contributed by atoms with Crippen LogP contribution in [0.15, 0.2) is 30.3 Å². The Morgan fingerprint density at radius 3 is 2.17 bits per heavy atom. The topological polar surface area (TPSA) is 61.4 Å². The third-order valence-electron chi connectivity index (χ3n) is 4.15. The first-order chi connectivity index (χ1) is 10.8. The number of alkyl halides is 3. The number of hydrogen-bond donors (Lipinski definition) is 3. The highest BCUT2D eigenvalue weighted by atomic mass is 19.4. The van der Waals surface area contributed by atoms with E-state index in [1.165, 1.54) is 31.2 Å². The largest absolute Gasteiger partial charge is 0.490 e. The lowest BCUT2D eigenvalue weighted by molar-refractivity contribution is -0.192. The van der Waals surface area contributed by atoms with Crippen molar-refractivity contribution in [3.05, 3.63) is 35.9 Å². The average Bonchev–Trinajstić information content (AvgIpc) is 2.85. The molecule has 0 aliphatic carbocycles. The van der Waals surface area contributed by atoms with Crippen molar-refractivity contribution < 1.29 is 23.1 Å². The summed E-state index contributed by atoms with van der Waals surface area (Å²) in [6.45, 7) is 1.02. The van der Waals surface area contributed by atoms with E-state index in [1.807, 2.05) is 0 Å². The van der Waals surface area contributed by atoms with Gasteiger partial charge < -0.3 is 15.7 Å². The molecule has 2 saturated heterocycles. The number of carboxylic acids is 1. The van der Waals surface area contributed by atoms with Crippen LogP contribution >= 0.6 is 0 Å². The van der Waals surface area contributed by atoms with Crippen molar-refractivity contribution in [1.82, 2.24) is 10.6 Å². The van der Waals surface area contributed by atoms with E-state index in [-0.39, 0.29) is 0 Å². The number of aliphatic carboxylic acids is 1. The van der Waals surface area contributed by atoms with Crippen LogP contribution in [-0.4, -0.2) is 35.4 Å². The summed E-state index contributed by atoms with van der Waals surface area (Å²) in [5.74, 6) is -2.76. The van der Waals surface area contributed by atoms with Crippen LogP contribution in [0.25, 0.3) is 0 Å².